The molecule has 0 saturated carbocycles. The van der Waals surface area contributed by atoms with Gasteiger partial charge in [-0.1, -0.05) is 44.2 Å². The number of aryl methyl sites for hydroxylation is 1. The summed E-state index contributed by atoms with van der Waals surface area (Å²) >= 11 is 0. The number of likely N-dealkylation sites (tertiary alicyclic amines) is 1. The van der Waals surface area contributed by atoms with Gasteiger partial charge in [-0.05, 0) is 61.3 Å². The van der Waals surface area contributed by atoms with Crippen molar-refractivity contribution in [2.45, 2.75) is 64.1 Å². The van der Waals surface area contributed by atoms with E-state index in [0.29, 0.717) is 31.3 Å². The summed E-state index contributed by atoms with van der Waals surface area (Å²) in [5, 5.41) is 0. The zero-order valence-corrected chi connectivity index (χ0v) is 19.7. The molecular weight excluding hydrogens is 412 g/mol. The molecule has 1 spiro atoms. The minimum atomic E-state index is -0.709. The van der Waals surface area contributed by atoms with E-state index in [2.05, 4.69) is 48.0 Å². The van der Waals surface area contributed by atoms with Gasteiger partial charge in [0.1, 0.15) is 5.54 Å². The van der Waals surface area contributed by atoms with Crippen LogP contribution in [0.2, 0.25) is 0 Å². The molecule has 0 bridgehead atoms. The van der Waals surface area contributed by atoms with Crippen molar-refractivity contribution in [1.82, 2.24) is 19.7 Å². The SMILES string of the molecule is CC(C)CN1C(=O)N(Cc2ccccn2)C(=O)C12CCN(C1CCc3ccccc3C1)CC2. The lowest BCUT2D eigenvalue weighted by Gasteiger charge is -2.46. The maximum Gasteiger partial charge on any atom is 0.328 e. The van der Waals surface area contributed by atoms with E-state index in [-0.39, 0.29) is 18.5 Å². The van der Waals surface area contributed by atoms with Crippen molar-refractivity contribution in [2.75, 3.05) is 19.6 Å². The summed E-state index contributed by atoms with van der Waals surface area (Å²) in [5.74, 6) is 0.272. The van der Waals surface area contributed by atoms with E-state index in [1.807, 2.05) is 23.1 Å². The number of benzene rings is 1. The van der Waals surface area contributed by atoms with Gasteiger partial charge in [-0.15, -0.1) is 0 Å². The lowest BCUT2D eigenvalue weighted by Crippen LogP contribution is -2.59. The van der Waals surface area contributed by atoms with Gasteiger partial charge in [-0.2, -0.15) is 0 Å². The van der Waals surface area contributed by atoms with Crippen molar-refractivity contribution in [2.24, 2.45) is 5.92 Å². The van der Waals surface area contributed by atoms with E-state index in [9.17, 15) is 9.59 Å². The molecule has 2 fully saturated rings. The van der Waals surface area contributed by atoms with Crippen LogP contribution in [0.15, 0.2) is 48.7 Å². The number of rotatable bonds is 5. The highest BCUT2D eigenvalue weighted by molar-refractivity contribution is 6.07. The second kappa shape index (κ2) is 8.90. The number of amides is 3. The van der Waals surface area contributed by atoms with Gasteiger partial charge in [-0.25, -0.2) is 4.79 Å². The maximum absolute atomic E-state index is 13.8. The summed E-state index contributed by atoms with van der Waals surface area (Å²) in [7, 11) is 0. The molecule has 174 valence electrons. The number of urea groups is 1. The number of imide groups is 1. The van der Waals surface area contributed by atoms with Gasteiger partial charge in [0.25, 0.3) is 5.91 Å². The van der Waals surface area contributed by atoms with Crippen molar-refractivity contribution in [1.29, 1.82) is 0 Å². The Kier molecular flexibility index (Phi) is 5.95. The topological polar surface area (TPSA) is 56.8 Å². The number of aromatic nitrogens is 1. The molecule has 2 aromatic rings. The highest BCUT2D eigenvalue weighted by atomic mass is 16.2. The Morgan fingerprint density at radius 1 is 1.03 bits per heavy atom. The van der Waals surface area contributed by atoms with Crippen molar-refractivity contribution < 1.29 is 9.59 Å². The van der Waals surface area contributed by atoms with Gasteiger partial charge < -0.3 is 4.90 Å². The molecule has 33 heavy (non-hydrogen) atoms. The van der Waals surface area contributed by atoms with Crippen molar-refractivity contribution in [3.05, 3.63) is 65.5 Å². The van der Waals surface area contributed by atoms with Crippen LogP contribution in [-0.4, -0.2) is 62.8 Å². The highest BCUT2D eigenvalue weighted by Gasteiger charge is 2.58. The molecule has 2 aliphatic heterocycles. The monoisotopic (exact) mass is 446 g/mol. The average Bonchev–Trinajstić information content (AvgIpc) is 3.01. The van der Waals surface area contributed by atoms with Crippen LogP contribution < -0.4 is 0 Å². The number of fused-ring (bicyclic) bond motifs is 1. The summed E-state index contributed by atoms with van der Waals surface area (Å²) in [6.45, 7) is 6.80. The fraction of sp³-hybridized carbons (Fsp3) is 0.519. The first-order valence-corrected chi connectivity index (χ1v) is 12.3. The first-order chi connectivity index (χ1) is 16.0. The summed E-state index contributed by atoms with van der Waals surface area (Å²) in [6, 6.07) is 14.8. The van der Waals surface area contributed by atoms with Crippen molar-refractivity contribution >= 4 is 11.9 Å². The van der Waals surface area contributed by atoms with Gasteiger partial charge in [0, 0.05) is 31.9 Å². The Hall–Kier alpha value is -2.73. The summed E-state index contributed by atoms with van der Waals surface area (Å²) in [5.41, 5.74) is 2.98. The van der Waals surface area contributed by atoms with E-state index in [1.54, 1.807) is 6.20 Å². The largest absolute Gasteiger partial charge is 0.328 e. The van der Waals surface area contributed by atoms with E-state index in [1.165, 1.54) is 22.4 Å². The molecule has 1 unspecified atom stereocenters. The van der Waals surface area contributed by atoms with Crippen LogP contribution in [0.3, 0.4) is 0 Å². The van der Waals surface area contributed by atoms with E-state index < -0.39 is 5.54 Å². The van der Waals surface area contributed by atoms with Gasteiger partial charge in [0.2, 0.25) is 0 Å². The molecule has 0 N–H and O–H groups in total. The van der Waals surface area contributed by atoms with Crippen LogP contribution in [0.5, 0.6) is 0 Å². The van der Waals surface area contributed by atoms with Crippen molar-refractivity contribution in [3.63, 3.8) is 0 Å². The second-order valence-corrected chi connectivity index (χ2v) is 10.2. The van der Waals surface area contributed by atoms with Gasteiger partial charge in [0.05, 0.1) is 12.2 Å². The van der Waals surface area contributed by atoms with E-state index in [4.69, 9.17) is 0 Å². The van der Waals surface area contributed by atoms with Crippen LogP contribution in [-0.2, 0) is 24.2 Å². The molecule has 3 amide bonds. The molecule has 5 rings (SSSR count). The molecule has 0 radical (unpaired) electrons. The molecule has 6 heteroatoms. The first kappa shape index (κ1) is 22.1. The predicted molar refractivity (Wildman–Crippen MR) is 128 cm³/mol. The minimum Gasteiger partial charge on any atom is -0.309 e. The Bertz CT molecular complexity index is 1010. The molecule has 1 aromatic heterocycles. The zero-order valence-electron chi connectivity index (χ0n) is 19.7. The quantitative estimate of drug-likeness (QED) is 0.654. The van der Waals surface area contributed by atoms with Gasteiger partial charge >= 0.3 is 6.03 Å². The van der Waals surface area contributed by atoms with E-state index >= 15 is 0 Å². The molecule has 1 aliphatic carbocycles. The minimum absolute atomic E-state index is 0.0348. The fourth-order valence-electron chi connectivity index (χ4n) is 5.93. The number of pyridine rings is 1. The Labute approximate surface area is 196 Å². The third kappa shape index (κ3) is 4.05. The van der Waals surface area contributed by atoms with Crippen LogP contribution in [0, 0.1) is 5.92 Å². The maximum atomic E-state index is 13.8. The predicted octanol–water partition coefficient (Wildman–Crippen LogP) is 3.89. The molecule has 1 atom stereocenters. The number of carbonyl (C=O) groups excluding carboxylic acids is 2. The standard InChI is InChI=1S/C27H34N4O2/c1-20(2)18-31-26(33)30(19-23-9-5-6-14-28-23)25(32)27(31)12-15-29(16-13-27)24-11-10-21-7-3-4-8-22(21)17-24/h3-9,14,20,24H,10-13,15-19H2,1-2H3. The number of piperidine rings is 1. The third-order valence-electron chi connectivity index (χ3n) is 7.68. The lowest BCUT2D eigenvalue weighted by molar-refractivity contribution is -0.136. The normalized spacial score (nSPS) is 22.9. The number of hydrogen-bond acceptors (Lipinski definition) is 4. The Morgan fingerprint density at radius 2 is 1.76 bits per heavy atom. The van der Waals surface area contributed by atoms with Gasteiger partial charge in [-0.3, -0.25) is 19.6 Å². The fourth-order valence-corrected chi connectivity index (χ4v) is 5.93. The Balaban J connectivity index is 1.33. The summed E-state index contributed by atoms with van der Waals surface area (Å²) in [6.07, 6.45) is 6.50. The van der Waals surface area contributed by atoms with Crippen LogP contribution in [0.25, 0.3) is 0 Å². The highest BCUT2D eigenvalue weighted by Crippen LogP contribution is 2.39. The van der Waals surface area contributed by atoms with Crippen LogP contribution in [0.4, 0.5) is 4.79 Å². The average molecular weight is 447 g/mol. The molecule has 2 saturated heterocycles. The smallest absolute Gasteiger partial charge is 0.309 e. The summed E-state index contributed by atoms with van der Waals surface area (Å²) in [4.78, 5) is 37.4. The van der Waals surface area contributed by atoms with Gasteiger partial charge in [0.15, 0.2) is 0 Å². The van der Waals surface area contributed by atoms with Crippen LogP contribution >= 0.6 is 0 Å². The lowest BCUT2D eigenvalue weighted by atomic mass is 9.82. The number of nitrogens with zero attached hydrogens (tertiary/aromatic N) is 4. The molecular formula is C27H34N4O2. The molecule has 3 heterocycles. The number of carbonyl (C=O) groups is 2. The number of hydrogen-bond donors (Lipinski definition) is 0. The van der Waals surface area contributed by atoms with E-state index in [0.717, 1.165) is 31.6 Å². The molecule has 3 aliphatic rings. The molecule has 1 aromatic carbocycles. The second-order valence-electron chi connectivity index (χ2n) is 10.2. The Morgan fingerprint density at radius 3 is 2.45 bits per heavy atom. The van der Waals surface area contributed by atoms with Crippen molar-refractivity contribution in [3.8, 4) is 0 Å². The third-order valence-corrected chi connectivity index (χ3v) is 7.68. The molecule has 6 nitrogen and oxygen atoms in total. The first-order valence-electron chi connectivity index (χ1n) is 12.3. The zero-order chi connectivity index (χ0) is 23.0. The van der Waals surface area contributed by atoms with Crippen LogP contribution in [0.1, 0.15) is 49.9 Å². The summed E-state index contributed by atoms with van der Waals surface area (Å²) < 4.78 is 0.